The molecule has 20 heavy (non-hydrogen) atoms. The van der Waals surface area contributed by atoms with Crippen molar-refractivity contribution in [1.82, 2.24) is 0 Å². The highest BCUT2D eigenvalue weighted by Gasteiger charge is 2.14. The van der Waals surface area contributed by atoms with Crippen molar-refractivity contribution in [2.45, 2.75) is 12.8 Å². The van der Waals surface area contributed by atoms with Crippen LogP contribution in [0.3, 0.4) is 0 Å². The lowest BCUT2D eigenvalue weighted by Gasteiger charge is -2.15. The Morgan fingerprint density at radius 3 is 2.55 bits per heavy atom. The zero-order chi connectivity index (χ0) is 14.4. The van der Waals surface area contributed by atoms with Gasteiger partial charge in [0.15, 0.2) is 0 Å². The van der Waals surface area contributed by atoms with Crippen LogP contribution < -0.4 is 5.32 Å². The topological polar surface area (TPSA) is 84.9 Å². The lowest BCUT2D eigenvalue weighted by molar-refractivity contribution is -0.137. The van der Waals surface area contributed by atoms with Gasteiger partial charge in [-0.05, 0) is 24.1 Å². The van der Waals surface area contributed by atoms with Crippen LogP contribution in [-0.2, 0) is 25.5 Å². The van der Waals surface area contributed by atoms with E-state index in [9.17, 15) is 9.59 Å². The van der Waals surface area contributed by atoms with Gasteiger partial charge in [-0.15, -0.1) is 0 Å². The smallest absolute Gasteiger partial charge is 0.303 e. The Hall–Kier alpha value is -2.50. The number of carboxylic acid groups (broad SMARTS) is 1. The van der Waals surface area contributed by atoms with Crippen molar-refractivity contribution in [3.8, 4) is 0 Å². The average molecular weight is 277 g/mol. The highest BCUT2D eigenvalue weighted by Crippen LogP contribution is 2.13. The standard InChI is InChI=1S/C14H15NO5/c16-13(17)6-3-10-1-4-11(5-2-10)15-14(18)12-9-19-7-8-20-12/h1-2,4-5,9H,3,6-8H2,(H,15,18)(H,16,17). The third kappa shape index (κ3) is 4.01. The van der Waals surface area contributed by atoms with E-state index in [0.29, 0.717) is 25.3 Å². The first-order valence-corrected chi connectivity index (χ1v) is 6.22. The second-order valence-electron chi connectivity index (χ2n) is 4.25. The van der Waals surface area contributed by atoms with Gasteiger partial charge in [-0.25, -0.2) is 0 Å². The van der Waals surface area contributed by atoms with Crippen molar-refractivity contribution in [3.05, 3.63) is 41.9 Å². The van der Waals surface area contributed by atoms with Gasteiger partial charge in [0.05, 0.1) is 0 Å². The van der Waals surface area contributed by atoms with Gasteiger partial charge < -0.3 is 19.9 Å². The summed E-state index contributed by atoms with van der Waals surface area (Å²) in [6, 6.07) is 7.01. The van der Waals surface area contributed by atoms with E-state index >= 15 is 0 Å². The first-order valence-electron chi connectivity index (χ1n) is 6.22. The summed E-state index contributed by atoms with van der Waals surface area (Å²) in [4.78, 5) is 22.3. The number of rotatable bonds is 5. The number of benzene rings is 1. The Bertz CT molecular complexity index is 521. The molecule has 1 aromatic rings. The van der Waals surface area contributed by atoms with Crippen molar-refractivity contribution in [2.75, 3.05) is 18.5 Å². The maximum Gasteiger partial charge on any atom is 0.303 e. The predicted molar refractivity (Wildman–Crippen MR) is 71.0 cm³/mol. The van der Waals surface area contributed by atoms with Gasteiger partial charge in [0, 0.05) is 12.1 Å². The fourth-order valence-electron chi connectivity index (χ4n) is 1.69. The van der Waals surface area contributed by atoms with Crippen LogP contribution in [0.1, 0.15) is 12.0 Å². The first kappa shape index (κ1) is 13.9. The van der Waals surface area contributed by atoms with Crippen LogP contribution in [0.4, 0.5) is 5.69 Å². The van der Waals surface area contributed by atoms with Crippen LogP contribution in [0.5, 0.6) is 0 Å². The maximum atomic E-state index is 11.8. The van der Waals surface area contributed by atoms with E-state index in [2.05, 4.69) is 5.32 Å². The maximum absolute atomic E-state index is 11.8. The fourth-order valence-corrected chi connectivity index (χ4v) is 1.69. The number of hydrogen-bond donors (Lipinski definition) is 2. The van der Waals surface area contributed by atoms with Gasteiger partial charge in [-0.1, -0.05) is 12.1 Å². The number of aryl methyl sites for hydroxylation is 1. The van der Waals surface area contributed by atoms with E-state index < -0.39 is 5.97 Å². The molecule has 0 saturated heterocycles. The molecule has 0 radical (unpaired) electrons. The molecule has 1 aliphatic heterocycles. The van der Waals surface area contributed by atoms with Crippen LogP contribution in [0.15, 0.2) is 36.3 Å². The van der Waals surface area contributed by atoms with Crippen LogP contribution in [0.2, 0.25) is 0 Å². The quantitative estimate of drug-likeness (QED) is 0.852. The van der Waals surface area contributed by atoms with Crippen LogP contribution >= 0.6 is 0 Å². The molecule has 0 atom stereocenters. The zero-order valence-electron chi connectivity index (χ0n) is 10.8. The minimum absolute atomic E-state index is 0.0871. The minimum atomic E-state index is -0.830. The largest absolute Gasteiger partial charge is 0.494 e. The normalized spacial score (nSPS) is 13.7. The highest BCUT2D eigenvalue weighted by molar-refractivity contribution is 6.02. The van der Waals surface area contributed by atoms with E-state index in [1.54, 1.807) is 24.3 Å². The number of carbonyl (C=O) groups is 2. The van der Waals surface area contributed by atoms with Crippen molar-refractivity contribution in [2.24, 2.45) is 0 Å². The Morgan fingerprint density at radius 1 is 1.20 bits per heavy atom. The lowest BCUT2D eigenvalue weighted by atomic mass is 10.1. The van der Waals surface area contributed by atoms with Gasteiger partial charge in [-0.3, -0.25) is 9.59 Å². The summed E-state index contributed by atoms with van der Waals surface area (Å²) < 4.78 is 10.2. The molecule has 0 bridgehead atoms. The third-order valence-electron chi connectivity index (χ3n) is 2.71. The van der Waals surface area contributed by atoms with E-state index in [1.165, 1.54) is 6.26 Å². The summed E-state index contributed by atoms with van der Waals surface area (Å²) in [6.07, 6.45) is 1.84. The van der Waals surface area contributed by atoms with Crippen molar-refractivity contribution >= 4 is 17.6 Å². The molecular weight excluding hydrogens is 262 g/mol. The van der Waals surface area contributed by atoms with Crippen LogP contribution in [0.25, 0.3) is 0 Å². The molecule has 106 valence electrons. The second-order valence-corrected chi connectivity index (χ2v) is 4.25. The van der Waals surface area contributed by atoms with Crippen LogP contribution in [0, 0.1) is 0 Å². The molecule has 1 aliphatic rings. The average Bonchev–Trinajstić information content (AvgIpc) is 2.47. The molecule has 0 unspecified atom stereocenters. The van der Waals surface area contributed by atoms with Crippen LogP contribution in [-0.4, -0.2) is 30.2 Å². The molecule has 0 spiro atoms. The molecule has 1 amide bonds. The number of aliphatic carboxylic acids is 1. The molecule has 6 heteroatoms. The zero-order valence-corrected chi connectivity index (χ0v) is 10.8. The van der Waals surface area contributed by atoms with E-state index in [1.807, 2.05) is 0 Å². The number of amides is 1. The summed E-state index contributed by atoms with van der Waals surface area (Å²) in [5.41, 5.74) is 1.52. The predicted octanol–water partition coefficient (Wildman–Crippen LogP) is 1.53. The molecule has 2 N–H and O–H groups in total. The van der Waals surface area contributed by atoms with Gasteiger partial charge in [-0.2, -0.15) is 0 Å². The third-order valence-corrected chi connectivity index (χ3v) is 2.71. The second kappa shape index (κ2) is 6.60. The van der Waals surface area contributed by atoms with Gasteiger partial charge >= 0.3 is 5.97 Å². The molecule has 0 aromatic heterocycles. The van der Waals surface area contributed by atoms with Crippen molar-refractivity contribution in [1.29, 1.82) is 0 Å². The molecule has 6 nitrogen and oxygen atoms in total. The summed E-state index contributed by atoms with van der Waals surface area (Å²) in [6.45, 7) is 0.794. The molecule has 1 aromatic carbocycles. The van der Waals surface area contributed by atoms with E-state index in [-0.39, 0.29) is 18.1 Å². The number of carbonyl (C=O) groups excluding carboxylic acids is 1. The molecule has 0 saturated carbocycles. The van der Waals surface area contributed by atoms with Gasteiger partial charge in [0.1, 0.15) is 19.5 Å². The summed E-state index contributed by atoms with van der Waals surface area (Å²) >= 11 is 0. The van der Waals surface area contributed by atoms with Crippen molar-refractivity contribution in [3.63, 3.8) is 0 Å². The Morgan fingerprint density at radius 2 is 1.95 bits per heavy atom. The highest BCUT2D eigenvalue weighted by atomic mass is 16.6. The SMILES string of the molecule is O=C(O)CCc1ccc(NC(=O)C2=COCCO2)cc1. The summed E-state index contributed by atoms with van der Waals surface area (Å²) in [5.74, 6) is -1.06. The Labute approximate surface area is 116 Å². The van der Waals surface area contributed by atoms with Gasteiger partial charge in [0.25, 0.3) is 5.91 Å². The monoisotopic (exact) mass is 277 g/mol. The number of nitrogens with one attached hydrogen (secondary N) is 1. The molecule has 0 aliphatic carbocycles. The number of ether oxygens (including phenoxy) is 2. The summed E-state index contributed by atoms with van der Waals surface area (Å²) in [5, 5.41) is 11.3. The lowest BCUT2D eigenvalue weighted by Crippen LogP contribution is -2.21. The molecular formula is C14H15NO5. The van der Waals surface area contributed by atoms with Gasteiger partial charge in [0.2, 0.25) is 5.76 Å². The molecule has 2 rings (SSSR count). The number of anilines is 1. The molecule has 1 heterocycles. The Balaban J connectivity index is 1.91. The van der Waals surface area contributed by atoms with Crippen molar-refractivity contribution < 1.29 is 24.2 Å². The fraction of sp³-hybridized carbons (Fsp3) is 0.286. The van der Waals surface area contributed by atoms with E-state index in [4.69, 9.17) is 14.6 Å². The summed E-state index contributed by atoms with van der Waals surface area (Å²) in [7, 11) is 0. The first-order chi connectivity index (χ1) is 9.65. The number of hydrogen-bond acceptors (Lipinski definition) is 4. The minimum Gasteiger partial charge on any atom is -0.494 e. The Kier molecular flexibility index (Phi) is 4.60. The van der Waals surface area contributed by atoms with E-state index in [0.717, 1.165) is 5.56 Å². The molecule has 0 fully saturated rings. The number of carboxylic acids is 1.